The molecule has 2 aromatic carbocycles. The Bertz CT molecular complexity index is 2920. The van der Waals surface area contributed by atoms with Crippen LogP contribution in [0.4, 0.5) is 14.9 Å². The molecule has 1 unspecified atom stereocenters. The molecule has 0 bridgehead atoms. The van der Waals surface area contributed by atoms with Gasteiger partial charge in [0.1, 0.15) is 36.4 Å². The first-order valence-electron chi connectivity index (χ1n) is 29.9. The summed E-state index contributed by atoms with van der Waals surface area (Å²) in [4.78, 5) is 108. The second-order valence-corrected chi connectivity index (χ2v) is 25.5. The molecule has 5 heterocycles. The molecule has 3 saturated heterocycles. The number of fused-ring (bicyclic) bond motifs is 1. The molecule has 0 aliphatic carbocycles. The van der Waals surface area contributed by atoms with Crippen LogP contribution >= 0.6 is 11.8 Å². The first kappa shape index (κ1) is 64.9. The number of piperazine rings is 1. The Morgan fingerprint density at radius 1 is 0.869 bits per heavy atom. The number of likely N-dealkylation sites (N-methyl/N-ethyl adjacent to an activating group) is 1. The lowest BCUT2D eigenvalue weighted by molar-refractivity contribution is -0.926. The van der Waals surface area contributed by atoms with Gasteiger partial charge >= 0.3 is 12.1 Å². The van der Waals surface area contributed by atoms with Gasteiger partial charge in [-0.15, -0.1) is 5.10 Å². The highest BCUT2D eigenvalue weighted by atomic mass is 32.2. The van der Waals surface area contributed by atoms with Crippen LogP contribution in [0.1, 0.15) is 137 Å². The quantitative estimate of drug-likeness (QED) is 0.0342. The molecule has 458 valence electrons. The summed E-state index contributed by atoms with van der Waals surface area (Å²) in [5.41, 5.74) is 3.62. The molecular weight excluding hydrogens is 1100 g/mol. The topological polar surface area (TPSA) is 232 Å². The lowest BCUT2D eigenvalue weighted by atomic mass is 9.89. The summed E-state index contributed by atoms with van der Waals surface area (Å²) in [6.45, 7) is 19.2. The Kier molecular flexibility index (Phi) is 22.7. The van der Waals surface area contributed by atoms with Gasteiger partial charge in [0, 0.05) is 63.0 Å². The summed E-state index contributed by atoms with van der Waals surface area (Å²) in [6, 6.07) is 9.03. The number of anilines is 1. The fourth-order valence-corrected chi connectivity index (χ4v) is 12.2. The lowest BCUT2D eigenvalue weighted by Gasteiger charge is -2.42. The zero-order valence-electron chi connectivity index (χ0n) is 50.7. The van der Waals surface area contributed by atoms with E-state index in [1.54, 1.807) is 28.3 Å². The molecule has 4 aliphatic heterocycles. The standard InChI is InChI=1S/C62H87FN10O10S/c1-38(2)56(66-53(75)14-12-11-13-25-71-54(76)36-52(84-10)61(71)80)60(79)64-43(7)59(78)65-47-20-18-45(19-21-47)37-73(9)30-28-70(29-31-73)62(81)82-51-22-17-41(5)58(83-55(77)32-39(3)15-16-40(51)4)42(6)33-46-34-49(63)57-50(35-46)72(68-67-57)48-23-26-69(27-24-48)44(8)74/h17-22,33-35,38-41,43,48,51-52,56,58H,11-16,23-32,36-37H2,1-10H3,(H2-,64,65,66,75,78,79)/p+1/b22-17+,42-33+/t39-,40+,41+,43+,51+,52?,56+,58+/m1/s1. The van der Waals surface area contributed by atoms with Gasteiger partial charge in [0.05, 0.1) is 50.0 Å². The van der Waals surface area contributed by atoms with E-state index in [-0.39, 0.29) is 95.4 Å². The highest BCUT2D eigenvalue weighted by Gasteiger charge is 2.38. The van der Waals surface area contributed by atoms with Gasteiger partial charge in [-0.1, -0.05) is 70.5 Å². The van der Waals surface area contributed by atoms with E-state index in [0.717, 1.165) is 18.4 Å². The van der Waals surface area contributed by atoms with Crippen LogP contribution in [0.2, 0.25) is 0 Å². The lowest BCUT2D eigenvalue weighted by Crippen LogP contribution is -2.58. The highest BCUT2D eigenvalue weighted by Crippen LogP contribution is 2.31. The average Bonchev–Trinajstić information content (AvgIpc) is 4.24. The molecule has 0 saturated carbocycles. The van der Waals surface area contributed by atoms with Gasteiger partial charge in [-0.2, -0.15) is 11.8 Å². The van der Waals surface area contributed by atoms with E-state index in [4.69, 9.17) is 9.47 Å². The SMILES string of the molecule is CSC1CC(=O)N(CCCCCC(=O)N[C@H](C(=O)N[C@@H](C)C(=O)Nc2ccc(C[N+]3(C)CCN(C(=O)O[C@H]4/C=C/[C@H](C)[C@@H](/C(C)=C/c5cc(F)c6nnn(C7CCN(C(C)=O)CC7)c6c5)OC(=O)C[C@H](C)CC[C@@H]4C)CC3)cc2)C(C)C)C1=O. The van der Waals surface area contributed by atoms with Gasteiger partial charge in [0.15, 0.2) is 5.82 Å². The third kappa shape index (κ3) is 17.2. The van der Waals surface area contributed by atoms with Crippen LogP contribution in [0.25, 0.3) is 17.1 Å². The predicted octanol–water partition coefficient (Wildman–Crippen LogP) is 7.82. The Morgan fingerprint density at radius 2 is 1.57 bits per heavy atom. The Labute approximate surface area is 498 Å². The van der Waals surface area contributed by atoms with Crippen molar-refractivity contribution in [2.45, 2.75) is 162 Å². The average molecular weight is 1180 g/mol. The number of benzene rings is 2. The number of carbonyl (C=O) groups is 8. The number of esters is 1. The smallest absolute Gasteiger partial charge is 0.410 e. The molecule has 22 heteroatoms. The van der Waals surface area contributed by atoms with Crippen molar-refractivity contribution in [2.24, 2.45) is 23.7 Å². The number of ether oxygens (including phenoxy) is 2. The minimum absolute atomic E-state index is 0.0212. The summed E-state index contributed by atoms with van der Waals surface area (Å²) in [5, 5.41) is 16.6. The van der Waals surface area contributed by atoms with Crippen LogP contribution < -0.4 is 16.0 Å². The molecule has 0 spiro atoms. The molecule has 3 fully saturated rings. The fraction of sp³-hybridized carbons (Fsp3) is 0.613. The first-order chi connectivity index (χ1) is 39.9. The highest BCUT2D eigenvalue weighted by molar-refractivity contribution is 8.00. The van der Waals surface area contributed by atoms with Gasteiger partial charge in [-0.25, -0.2) is 13.9 Å². The number of aromatic nitrogens is 3. The van der Waals surface area contributed by atoms with Crippen molar-refractivity contribution in [2.75, 3.05) is 64.4 Å². The third-order valence-corrected chi connectivity index (χ3v) is 18.0. The van der Waals surface area contributed by atoms with Crippen LogP contribution in [0.3, 0.4) is 0 Å². The molecule has 7 amide bonds. The Balaban J connectivity index is 0.884. The molecule has 3 N–H and O–H groups in total. The number of rotatable bonds is 19. The zero-order chi connectivity index (χ0) is 61.0. The van der Waals surface area contributed by atoms with E-state index in [1.807, 2.05) is 89.4 Å². The van der Waals surface area contributed by atoms with Crippen molar-refractivity contribution in [3.63, 3.8) is 0 Å². The number of nitrogens with one attached hydrogen (secondary N) is 3. The normalized spacial score (nSPS) is 24.0. The molecule has 1 aromatic heterocycles. The maximum atomic E-state index is 15.6. The second kappa shape index (κ2) is 29.4. The summed E-state index contributed by atoms with van der Waals surface area (Å²) in [7, 11) is 2.16. The number of unbranched alkanes of at least 4 members (excludes halogenated alkanes) is 2. The molecule has 4 aliphatic rings. The number of cyclic esters (lactones) is 1. The summed E-state index contributed by atoms with van der Waals surface area (Å²) < 4.78 is 30.6. The molecule has 8 atom stereocenters. The van der Waals surface area contributed by atoms with Gasteiger partial charge in [0.25, 0.3) is 0 Å². The molecule has 3 aromatic rings. The number of quaternary nitrogens is 1. The number of piperidine rings is 1. The van der Waals surface area contributed by atoms with E-state index in [1.165, 1.54) is 22.7 Å². The van der Waals surface area contributed by atoms with Crippen molar-refractivity contribution in [3.8, 4) is 0 Å². The van der Waals surface area contributed by atoms with Crippen molar-refractivity contribution in [3.05, 3.63) is 71.1 Å². The first-order valence-corrected chi connectivity index (χ1v) is 31.2. The van der Waals surface area contributed by atoms with E-state index in [2.05, 4.69) is 40.2 Å². The number of halogens is 1. The number of thioether (sulfide) groups is 1. The van der Waals surface area contributed by atoms with E-state index >= 15 is 4.39 Å². The third-order valence-electron chi connectivity index (χ3n) is 17.1. The van der Waals surface area contributed by atoms with Crippen LogP contribution in [-0.2, 0) is 49.6 Å². The fourth-order valence-electron chi connectivity index (χ4n) is 11.6. The van der Waals surface area contributed by atoms with Crippen molar-refractivity contribution in [1.29, 1.82) is 0 Å². The molecule has 84 heavy (non-hydrogen) atoms. The number of carbonyl (C=O) groups excluding carboxylic acids is 8. The van der Waals surface area contributed by atoms with Crippen molar-refractivity contribution >= 4 is 82.1 Å². The second-order valence-electron chi connectivity index (χ2n) is 24.4. The monoisotopic (exact) mass is 1180 g/mol. The maximum Gasteiger partial charge on any atom is 0.410 e. The molecule has 0 radical (unpaired) electrons. The number of nitrogens with zero attached hydrogens (tertiary/aromatic N) is 7. The van der Waals surface area contributed by atoms with Crippen LogP contribution in [0.5, 0.6) is 0 Å². The largest absolute Gasteiger partial charge is 0.457 e. The van der Waals surface area contributed by atoms with E-state index < -0.39 is 41.9 Å². The van der Waals surface area contributed by atoms with Gasteiger partial charge in [-0.05, 0) is 118 Å². The van der Waals surface area contributed by atoms with E-state index in [9.17, 15) is 38.4 Å². The zero-order valence-corrected chi connectivity index (χ0v) is 51.5. The van der Waals surface area contributed by atoms with Gasteiger partial charge < -0.3 is 34.8 Å². The molecule has 20 nitrogen and oxygen atoms in total. The van der Waals surface area contributed by atoms with Crippen LogP contribution in [-0.4, -0.2) is 170 Å². The van der Waals surface area contributed by atoms with Crippen molar-refractivity contribution in [1.82, 2.24) is 40.3 Å². The van der Waals surface area contributed by atoms with Crippen LogP contribution in [0.15, 0.2) is 54.1 Å². The van der Waals surface area contributed by atoms with Gasteiger partial charge in [-0.3, -0.25) is 43.4 Å². The molecule has 7 rings (SSSR count). The molecular formula is C62H88FN10O10S+. The Hall–Kier alpha value is -6.68. The van der Waals surface area contributed by atoms with Gasteiger partial charge in [0.2, 0.25) is 35.4 Å². The number of imide groups is 1. The predicted molar refractivity (Wildman–Crippen MR) is 320 cm³/mol. The summed E-state index contributed by atoms with van der Waals surface area (Å²) >= 11 is 1.38. The number of hydrogen-bond acceptors (Lipinski definition) is 13. The van der Waals surface area contributed by atoms with E-state index in [0.29, 0.717) is 111 Å². The van der Waals surface area contributed by atoms with Crippen molar-refractivity contribution < 1.29 is 56.7 Å². The Morgan fingerprint density at radius 3 is 2.23 bits per heavy atom. The minimum Gasteiger partial charge on any atom is -0.457 e. The summed E-state index contributed by atoms with van der Waals surface area (Å²) in [6.07, 6.45) is 11.1. The number of likely N-dealkylation sites (tertiary alicyclic amines) is 2. The summed E-state index contributed by atoms with van der Waals surface area (Å²) in [5.74, 6) is -2.89. The maximum absolute atomic E-state index is 15.6. The number of amides is 7. The minimum atomic E-state index is -0.897. The number of hydrogen-bond donors (Lipinski definition) is 3. The van der Waals surface area contributed by atoms with Crippen LogP contribution in [0, 0.1) is 29.5 Å².